The summed E-state index contributed by atoms with van der Waals surface area (Å²) < 4.78 is 0. The Balaban J connectivity index is 0. The Bertz CT molecular complexity index is 86.6. The quantitative estimate of drug-likeness (QED) is 0.659. The monoisotopic (exact) mass is 239 g/mol. The zero-order valence-corrected chi connectivity index (χ0v) is 8.73. The van der Waals surface area contributed by atoms with Gasteiger partial charge in [0.05, 0.1) is 6.42 Å². The van der Waals surface area contributed by atoms with Crippen LogP contribution in [0.2, 0.25) is 0 Å². The average molecular weight is 239 g/mol. The van der Waals surface area contributed by atoms with Crippen molar-refractivity contribution < 1.29 is 45.2 Å². The molecular weight excluding hydrogens is 231 g/mol. The molecule has 0 unspecified atom stereocenters. The molecule has 0 fully saturated rings. The van der Waals surface area contributed by atoms with Crippen LogP contribution in [0.3, 0.4) is 0 Å². The molecule has 0 radical (unpaired) electrons. The summed E-state index contributed by atoms with van der Waals surface area (Å²) in [5.41, 5.74) is 0. The molecule has 0 N–H and O–H groups in total. The number of Topliss-reactive ketones (excluding diaryl/α,β-unsaturated/α-hetero) is 2. The van der Waals surface area contributed by atoms with E-state index in [2.05, 4.69) is 0 Å². The van der Waals surface area contributed by atoms with Crippen molar-refractivity contribution >= 4 is 11.6 Å². The summed E-state index contributed by atoms with van der Waals surface area (Å²) in [6, 6.07) is 0. The summed E-state index contributed by atoms with van der Waals surface area (Å²) in [5.74, 6) is -0.125. The molecule has 0 atom stereocenters. The number of hydrogen-bond acceptors (Lipinski definition) is 2. The molecule has 0 rings (SSSR count). The minimum Gasteiger partial charge on any atom is -0.300 e. The van der Waals surface area contributed by atoms with Gasteiger partial charge in [0.2, 0.25) is 0 Å². The molecule has 40 valence electrons. The second kappa shape index (κ2) is 5.67. The topological polar surface area (TPSA) is 34.1 Å². The largest absolute Gasteiger partial charge is 3.00 e. The fourth-order valence-electron chi connectivity index (χ4n) is 0.351. The standard InChI is InChI=1S/C5H8O2.La/c1-4(6)3-5(2)7;/h3H2,1-2H3;/q;+3. The van der Waals surface area contributed by atoms with Gasteiger partial charge in [0.15, 0.2) is 0 Å². The molecule has 0 aliphatic carbocycles. The number of hydrogen-bond donors (Lipinski definition) is 0. The fourth-order valence-corrected chi connectivity index (χ4v) is 0.351. The third-order valence-corrected chi connectivity index (χ3v) is 0.498. The summed E-state index contributed by atoms with van der Waals surface area (Å²) in [6.45, 7) is 2.81. The van der Waals surface area contributed by atoms with Crippen molar-refractivity contribution in [3.8, 4) is 0 Å². The van der Waals surface area contributed by atoms with Crippen molar-refractivity contribution in [2.75, 3.05) is 0 Å². The Morgan fingerprint density at radius 3 is 1.38 bits per heavy atom. The van der Waals surface area contributed by atoms with Crippen LogP contribution in [0, 0.1) is 35.6 Å². The molecule has 0 saturated heterocycles. The van der Waals surface area contributed by atoms with Crippen molar-refractivity contribution in [3.05, 3.63) is 0 Å². The van der Waals surface area contributed by atoms with E-state index in [4.69, 9.17) is 0 Å². The van der Waals surface area contributed by atoms with Crippen LogP contribution in [-0.2, 0) is 9.59 Å². The smallest absolute Gasteiger partial charge is 0.300 e. The first-order valence-corrected chi connectivity index (χ1v) is 2.12. The molecule has 0 saturated carbocycles. The molecule has 0 aliphatic rings. The zero-order valence-electron chi connectivity index (χ0n) is 5.10. The molecule has 0 aromatic carbocycles. The van der Waals surface area contributed by atoms with Gasteiger partial charge in [-0.25, -0.2) is 0 Å². The minimum absolute atomic E-state index is 0. The molecule has 0 aliphatic heterocycles. The number of carbonyl (C=O) groups is 2. The van der Waals surface area contributed by atoms with E-state index in [1.54, 1.807) is 0 Å². The third kappa shape index (κ3) is 9.73. The first-order chi connectivity index (χ1) is 3.13. The van der Waals surface area contributed by atoms with E-state index < -0.39 is 0 Å². The van der Waals surface area contributed by atoms with Crippen LogP contribution < -0.4 is 0 Å². The predicted octanol–water partition coefficient (Wildman–Crippen LogP) is 0.554. The fraction of sp³-hybridized carbons (Fsp3) is 0.600. The first-order valence-electron chi connectivity index (χ1n) is 2.12. The maximum absolute atomic E-state index is 10.0. The summed E-state index contributed by atoms with van der Waals surface area (Å²) in [6.07, 6.45) is 0.0833. The Labute approximate surface area is 76.6 Å². The predicted molar refractivity (Wildman–Crippen MR) is 26.0 cm³/mol. The molecule has 3 heteroatoms. The van der Waals surface area contributed by atoms with Crippen LogP contribution in [0.15, 0.2) is 0 Å². The van der Waals surface area contributed by atoms with E-state index in [1.807, 2.05) is 0 Å². The van der Waals surface area contributed by atoms with Gasteiger partial charge in [-0.2, -0.15) is 0 Å². The van der Waals surface area contributed by atoms with Gasteiger partial charge in [-0.1, -0.05) is 0 Å². The van der Waals surface area contributed by atoms with Crippen molar-refractivity contribution in [1.29, 1.82) is 0 Å². The zero-order chi connectivity index (χ0) is 5.86. The van der Waals surface area contributed by atoms with Gasteiger partial charge in [0, 0.05) is 0 Å². The first kappa shape index (κ1) is 11.3. The number of carbonyl (C=O) groups excluding carboxylic acids is 2. The van der Waals surface area contributed by atoms with Gasteiger partial charge < -0.3 is 0 Å². The Morgan fingerprint density at radius 1 is 1.12 bits per heavy atom. The van der Waals surface area contributed by atoms with E-state index in [-0.39, 0.29) is 53.6 Å². The molecule has 8 heavy (non-hydrogen) atoms. The SMILES string of the molecule is CC(=O)CC(C)=O.[La+3]. The molecule has 0 amide bonds. The molecule has 0 heterocycles. The Morgan fingerprint density at radius 2 is 1.38 bits per heavy atom. The summed E-state index contributed by atoms with van der Waals surface area (Å²) >= 11 is 0. The second-order valence-electron chi connectivity index (χ2n) is 1.58. The van der Waals surface area contributed by atoms with Crippen LogP contribution in [-0.4, -0.2) is 11.6 Å². The van der Waals surface area contributed by atoms with E-state index in [9.17, 15) is 9.59 Å². The van der Waals surface area contributed by atoms with Crippen molar-refractivity contribution in [2.24, 2.45) is 0 Å². The third-order valence-electron chi connectivity index (χ3n) is 0.498. The van der Waals surface area contributed by atoms with E-state index in [0.717, 1.165) is 0 Å². The minimum atomic E-state index is -0.0625. The average Bonchev–Trinajstić information content (AvgIpc) is 1.27. The molecule has 0 aromatic rings. The Hall–Kier alpha value is 0.535. The van der Waals surface area contributed by atoms with Crippen LogP contribution in [0.4, 0.5) is 0 Å². The summed E-state index contributed by atoms with van der Waals surface area (Å²) in [4.78, 5) is 20.1. The van der Waals surface area contributed by atoms with Gasteiger partial charge in [0.25, 0.3) is 0 Å². The van der Waals surface area contributed by atoms with Crippen molar-refractivity contribution in [2.45, 2.75) is 20.3 Å². The molecule has 0 bridgehead atoms. The van der Waals surface area contributed by atoms with Crippen LogP contribution in [0.5, 0.6) is 0 Å². The van der Waals surface area contributed by atoms with E-state index >= 15 is 0 Å². The maximum atomic E-state index is 10.0. The second-order valence-corrected chi connectivity index (χ2v) is 1.58. The van der Waals surface area contributed by atoms with Gasteiger partial charge in [-0.3, -0.25) is 9.59 Å². The van der Waals surface area contributed by atoms with Gasteiger partial charge in [-0.15, -0.1) is 0 Å². The van der Waals surface area contributed by atoms with Crippen molar-refractivity contribution in [3.63, 3.8) is 0 Å². The molecule has 2 nitrogen and oxygen atoms in total. The van der Waals surface area contributed by atoms with Gasteiger partial charge in [0.1, 0.15) is 11.6 Å². The van der Waals surface area contributed by atoms with Gasteiger partial charge in [-0.05, 0) is 13.8 Å². The van der Waals surface area contributed by atoms with Crippen molar-refractivity contribution in [1.82, 2.24) is 0 Å². The number of ketones is 2. The van der Waals surface area contributed by atoms with E-state index in [1.165, 1.54) is 13.8 Å². The molecule has 0 spiro atoms. The molecule has 0 aromatic heterocycles. The van der Waals surface area contributed by atoms with Crippen LogP contribution >= 0.6 is 0 Å². The van der Waals surface area contributed by atoms with E-state index in [0.29, 0.717) is 0 Å². The molecular formula is C5H8LaO2+3. The number of rotatable bonds is 2. The normalized spacial score (nSPS) is 7.25. The Kier molecular flexibility index (Phi) is 8.04. The maximum Gasteiger partial charge on any atom is 3.00 e. The summed E-state index contributed by atoms with van der Waals surface area (Å²) in [7, 11) is 0. The van der Waals surface area contributed by atoms with Gasteiger partial charge >= 0.3 is 35.6 Å². The van der Waals surface area contributed by atoms with Crippen LogP contribution in [0.1, 0.15) is 20.3 Å². The van der Waals surface area contributed by atoms with Crippen LogP contribution in [0.25, 0.3) is 0 Å². The summed E-state index contributed by atoms with van der Waals surface area (Å²) in [5, 5.41) is 0.